The monoisotopic (exact) mass is 535 g/mol. The van der Waals surface area contributed by atoms with E-state index in [1.54, 1.807) is 30.3 Å². The standard InChI is InChI=1S/C26H22BrN3O5/c1-16-3-7-20(8-4-16)29-25(31)15-34-22-9-5-17(11-23(22)33-2)14-28-30-26(32)24-13-18-12-19(27)6-10-21(18)35-24/h3-14H,15H2,1-2H3,(H,29,31)(H,30,32)/b28-14+. The van der Waals surface area contributed by atoms with Crippen LogP contribution in [0.1, 0.15) is 21.7 Å². The number of carbonyl (C=O) groups excluding carboxylic acids is 2. The van der Waals surface area contributed by atoms with Crippen molar-refractivity contribution in [3.8, 4) is 11.5 Å². The molecule has 9 heteroatoms. The van der Waals surface area contributed by atoms with Crippen LogP contribution < -0.4 is 20.2 Å². The average Bonchev–Trinajstić information content (AvgIpc) is 3.28. The maximum Gasteiger partial charge on any atom is 0.307 e. The predicted molar refractivity (Wildman–Crippen MR) is 137 cm³/mol. The number of hydrazone groups is 1. The Labute approximate surface area is 210 Å². The van der Waals surface area contributed by atoms with E-state index >= 15 is 0 Å². The summed E-state index contributed by atoms with van der Waals surface area (Å²) in [6.07, 6.45) is 1.47. The summed E-state index contributed by atoms with van der Waals surface area (Å²) in [7, 11) is 1.50. The van der Waals surface area contributed by atoms with Gasteiger partial charge in [0.2, 0.25) is 0 Å². The SMILES string of the molecule is COc1cc(/C=N/NC(=O)c2cc3cc(Br)ccc3o2)ccc1OCC(=O)Nc1ccc(C)cc1. The fourth-order valence-corrected chi connectivity index (χ4v) is 3.59. The van der Waals surface area contributed by atoms with Gasteiger partial charge in [0.05, 0.1) is 13.3 Å². The molecule has 0 saturated heterocycles. The molecule has 0 bridgehead atoms. The third-order valence-corrected chi connectivity index (χ3v) is 5.46. The minimum atomic E-state index is -0.472. The number of hydrogen-bond donors (Lipinski definition) is 2. The van der Waals surface area contributed by atoms with Crippen LogP contribution in [0.15, 0.2) is 80.7 Å². The second-order valence-electron chi connectivity index (χ2n) is 7.61. The Morgan fingerprint density at radius 3 is 2.60 bits per heavy atom. The van der Waals surface area contributed by atoms with Gasteiger partial charge in [-0.25, -0.2) is 5.43 Å². The predicted octanol–water partition coefficient (Wildman–Crippen LogP) is 5.29. The molecule has 0 saturated carbocycles. The Hall–Kier alpha value is -4.11. The highest BCUT2D eigenvalue weighted by molar-refractivity contribution is 9.10. The number of ether oxygens (including phenoxy) is 2. The molecule has 178 valence electrons. The summed E-state index contributed by atoms with van der Waals surface area (Å²) in [5.41, 5.74) is 5.51. The smallest absolute Gasteiger partial charge is 0.307 e. The minimum Gasteiger partial charge on any atom is -0.493 e. The molecular formula is C26H22BrN3O5. The molecule has 0 aliphatic rings. The molecule has 4 rings (SSSR count). The van der Waals surface area contributed by atoms with Crippen molar-refractivity contribution in [2.75, 3.05) is 19.0 Å². The molecule has 35 heavy (non-hydrogen) atoms. The Bertz CT molecular complexity index is 1400. The highest BCUT2D eigenvalue weighted by Gasteiger charge is 2.12. The molecule has 1 heterocycles. The molecule has 8 nitrogen and oxygen atoms in total. The minimum absolute atomic E-state index is 0.153. The molecule has 2 amide bonds. The van der Waals surface area contributed by atoms with Gasteiger partial charge in [-0.3, -0.25) is 9.59 Å². The molecule has 0 radical (unpaired) electrons. The Balaban J connectivity index is 1.34. The molecule has 4 aromatic rings. The van der Waals surface area contributed by atoms with Gasteiger partial charge in [0.1, 0.15) is 5.58 Å². The van der Waals surface area contributed by atoms with Gasteiger partial charge < -0.3 is 19.2 Å². The van der Waals surface area contributed by atoms with E-state index < -0.39 is 5.91 Å². The molecule has 2 N–H and O–H groups in total. The van der Waals surface area contributed by atoms with Crippen molar-refractivity contribution in [1.82, 2.24) is 5.43 Å². The number of furan rings is 1. The van der Waals surface area contributed by atoms with E-state index in [9.17, 15) is 9.59 Å². The number of benzene rings is 3. The Morgan fingerprint density at radius 1 is 1.03 bits per heavy atom. The van der Waals surface area contributed by atoms with Crippen LogP contribution in [-0.4, -0.2) is 31.7 Å². The number of nitrogens with one attached hydrogen (secondary N) is 2. The Morgan fingerprint density at radius 2 is 1.83 bits per heavy atom. The molecule has 0 aliphatic carbocycles. The second kappa shape index (κ2) is 10.9. The lowest BCUT2D eigenvalue weighted by Gasteiger charge is -2.11. The quantitative estimate of drug-likeness (QED) is 0.235. The molecule has 0 unspecified atom stereocenters. The van der Waals surface area contributed by atoms with E-state index in [1.807, 2.05) is 43.3 Å². The van der Waals surface area contributed by atoms with Crippen LogP contribution in [0, 0.1) is 6.92 Å². The number of amides is 2. The van der Waals surface area contributed by atoms with Crippen LogP contribution in [-0.2, 0) is 4.79 Å². The first kappa shape index (κ1) is 24.0. The largest absolute Gasteiger partial charge is 0.493 e. The summed E-state index contributed by atoms with van der Waals surface area (Å²) in [5.74, 6) is 0.218. The molecule has 0 aliphatic heterocycles. The highest BCUT2D eigenvalue weighted by atomic mass is 79.9. The van der Waals surface area contributed by atoms with Gasteiger partial charge in [-0.1, -0.05) is 33.6 Å². The number of carbonyl (C=O) groups is 2. The fraction of sp³-hybridized carbons (Fsp3) is 0.115. The number of hydrogen-bond acceptors (Lipinski definition) is 6. The first-order valence-corrected chi connectivity index (χ1v) is 11.4. The number of anilines is 1. The van der Waals surface area contributed by atoms with Crippen molar-refractivity contribution in [2.24, 2.45) is 5.10 Å². The van der Waals surface area contributed by atoms with E-state index in [0.29, 0.717) is 28.3 Å². The van der Waals surface area contributed by atoms with Crippen LogP contribution in [0.5, 0.6) is 11.5 Å². The number of methoxy groups -OCH3 is 1. The van der Waals surface area contributed by atoms with Crippen molar-refractivity contribution in [3.63, 3.8) is 0 Å². The fourth-order valence-electron chi connectivity index (χ4n) is 3.21. The summed E-state index contributed by atoms with van der Waals surface area (Å²) in [6, 6.07) is 19.7. The summed E-state index contributed by atoms with van der Waals surface area (Å²) < 4.78 is 17.4. The van der Waals surface area contributed by atoms with Gasteiger partial charge >= 0.3 is 5.91 Å². The average molecular weight is 536 g/mol. The molecular weight excluding hydrogens is 514 g/mol. The van der Waals surface area contributed by atoms with Gasteiger partial charge in [0, 0.05) is 15.5 Å². The van der Waals surface area contributed by atoms with Crippen molar-refractivity contribution in [3.05, 3.63) is 88.1 Å². The lowest BCUT2D eigenvalue weighted by Crippen LogP contribution is -2.20. The van der Waals surface area contributed by atoms with Crippen LogP contribution in [0.2, 0.25) is 0 Å². The Kier molecular flexibility index (Phi) is 7.47. The van der Waals surface area contributed by atoms with Crippen molar-refractivity contribution < 1.29 is 23.5 Å². The lowest BCUT2D eigenvalue weighted by atomic mass is 10.2. The molecule has 0 fully saturated rings. The number of rotatable bonds is 8. The number of aryl methyl sites for hydroxylation is 1. The maximum absolute atomic E-state index is 12.4. The van der Waals surface area contributed by atoms with Crippen LogP contribution in [0.3, 0.4) is 0 Å². The molecule has 3 aromatic carbocycles. The van der Waals surface area contributed by atoms with Crippen molar-refractivity contribution in [2.45, 2.75) is 6.92 Å². The summed E-state index contributed by atoms with van der Waals surface area (Å²) >= 11 is 3.39. The zero-order valence-electron chi connectivity index (χ0n) is 19.0. The van der Waals surface area contributed by atoms with Gasteiger partial charge in [-0.05, 0) is 67.1 Å². The second-order valence-corrected chi connectivity index (χ2v) is 8.52. The topological polar surface area (TPSA) is 102 Å². The van der Waals surface area contributed by atoms with E-state index in [-0.39, 0.29) is 18.3 Å². The van der Waals surface area contributed by atoms with E-state index in [2.05, 4.69) is 31.8 Å². The van der Waals surface area contributed by atoms with Crippen molar-refractivity contribution in [1.29, 1.82) is 0 Å². The third kappa shape index (κ3) is 6.27. The maximum atomic E-state index is 12.4. The third-order valence-electron chi connectivity index (χ3n) is 4.96. The van der Waals surface area contributed by atoms with Gasteiger partial charge in [-0.2, -0.15) is 5.10 Å². The number of halogens is 1. The molecule has 1 aromatic heterocycles. The normalized spacial score (nSPS) is 10.9. The van der Waals surface area contributed by atoms with Gasteiger partial charge in [0.15, 0.2) is 23.9 Å². The van der Waals surface area contributed by atoms with E-state index in [1.165, 1.54) is 13.3 Å². The van der Waals surface area contributed by atoms with E-state index in [0.717, 1.165) is 15.4 Å². The van der Waals surface area contributed by atoms with Gasteiger partial charge in [-0.15, -0.1) is 0 Å². The highest BCUT2D eigenvalue weighted by Crippen LogP contribution is 2.28. The zero-order chi connectivity index (χ0) is 24.8. The van der Waals surface area contributed by atoms with E-state index in [4.69, 9.17) is 13.9 Å². The van der Waals surface area contributed by atoms with Crippen LogP contribution >= 0.6 is 15.9 Å². The first-order valence-electron chi connectivity index (χ1n) is 10.6. The lowest BCUT2D eigenvalue weighted by molar-refractivity contribution is -0.118. The first-order chi connectivity index (χ1) is 16.9. The summed E-state index contributed by atoms with van der Waals surface area (Å²) in [6.45, 7) is 1.80. The van der Waals surface area contributed by atoms with Crippen LogP contribution in [0.4, 0.5) is 5.69 Å². The van der Waals surface area contributed by atoms with Gasteiger partial charge in [0.25, 0.3) is 5.91 Å². The van der Waals surface area contributed by atoms with Crippen molar-refractivity contribution >= 4 is 50.6 Å². The summed E-state index contributed by atoms with van der Waals surface area (Å²) in [4.78, 5) is 24.5. The summed E-state index contributed by atoms with van der Waals surface area (Å²) in [5, 5.41) is 7.57. The molecule has 0 spiro atoms. The zero-order valence-corrected chi connectivity index (χ0v) is 20.6. The number of nitrogens with zero attached hydrogens (tertiary/aromatic N) is 1. The van der Waals surface area contributed by atoms with Crippen LogP contribution in [0.25, 0.3) is 11.0 Å². The number of fused-ring (bicyclic) bond motifs is 1. The molecule has 0 atom stereocenters.